The summed E-state index contributed by atoms with van der Waals surface area (Å²) in [6.45, 7) is 3.84. The van der Waals surface area contributed by atoms with E-state index in [9.17, 15) is 9.59 Å². The van der Waals surface area contributed by atoms with Crippen LogP contribution in [0.5, 0.6) is 0 Å². The van der Waals surface area contributed by atoms with E-state index in [1.807, 2.05) is 44.3 Å². The Balaban J connectivity index is 1.70. The number of hydrogen-bond acceptors (Lipinski definition) is 6. The summed E-state index contributed by atoms with van der Waals surface area (Å²) in [6.07, 6.45) is 0. The number of carbonyl (C=O) groups is 1. The normalized spacial score (nSPS) is 11.0. The monoisotopic (exact) mass is 408 g/mol. The largest absolute Gasteiger partial charge is 0.354 e. The molecule has 148 valence electrons. The standard InChI is InChI=1S/C20H20N6O2S/c1-11-9-15(16-10-29-20(21-16)25(3)4)12(2)26(11)24-19(28)17-13-7-5-6-8-14(13)18(27)23-22-17/h5-10H,1-4H3,(H,23,27)(H,24,28). The van der Waals surface area contributed by atoms with Gasteiger partial charge >= 0.3 is 0 Å². The van der Waals surface area contributed by atoms with Gasteiger partial charge in [0.05, 0.1) is 11.1 Å². The van der Waals surface area contributed by atoms with Crippen LogP contribution in [0.4, 0.5) is 5.13 Å². The van der Waals surface area contributed by atoms with Gasteiger partial charge in [0, 0.05) is 41.8 Å². The SMILES string of the molecule is Cc1cc(-c2csc(N(C)C)n2)c(C)n1NC(=O)c1n[nH]c(=O)c2ccccc12. The number of thiazole rings is 1. The minimum Gasteiger partial charge on any atom is -0.354 e. The zero-order valence-corrected chi connectivity index (χ0v) is 17.3. The number of hydrogen-bond donors (Lipinski definition) is 2. The number of aromatic nitrogens is 4. The summed E-state index contributed by atoms with van der Waals surface area (Å²) in [5.41, 5.74) is 6.26. The fraction of sp³-hybridized carbons (Fsp3) is 0.200. The lowest BCUT2D eigenvalue weighted by atomic mass is 10.1. The topological polar surface area (TPSA) is 95.9 Å². The highest BCUT2D eigenvalue weighted by atomic mass is 32.1. The van der Waals surface area contributed by atoms with E-state index in [1.54, 1.807) is 40.3 Å². The molecule has 0 aliphatic rings. The Kier molecular flexibility index (Phi) is 4.67. The number of H-pyrrole nitrogens is 1. The van der Waals surface area contributed by atoms with Crippen LogP contribution >= 0.6 is 11.3 Å². The Morgan fingerprint density at radius 1 is 1.21 bits per heavy atom. The van der Waals surface area contributed by atoms with Gasteiger partial charge in [-0.05, 0) is 26.0 Å². The highest BCUT2D eigenvalue weighted by Gasteiger charge is 2.19. The number of anilines is 1. The van der Waals surface area contributed by atoms with Crippen LogP contribution in [-0.4, -0.2) is 39.9 Å². The molecular weight excluding hydrogens is 388 g/mol. The summed E-state index contributed by atoms with van der Waals surface area (Å²) in [4.78, 5) is 31.5. The first-order valence-corrected chi connectivity index (χ1v) is 9.85. The molecule has 9 heteroatoms. The van der Waals surface area contributed by atoms with Crippen LogP contribution in [-0.2, 0) is 0 Å². The molecule has 2 N–H and O–H groups in total. The number of aryl methyl sites for hydroxylation is 1. The number of nitrogens with one attached hydrogen (secondary N) is 2. The molecule has 1 amide bonds. The van der Waals surface area contributed by atoms with E-state index in [-0.39, 0.29) is 11.3 Å². The molecule has 29 heavy (non-hydrogen) atoms. The quantitative estimate of drug-likeness (QED) is 0.541. The molecule has 4 rings (SSSR count). The van der Waals surface area contributed by atoms with Crippen LogP contribution in [0.1, 0.15) is 21.9 Å². The number of carbonyl (C=O) groups excluding carboxylic acids is 1. The molecule has 8 nitrogen and oxygen atoms in total. The summed E-state index contributed by atoms with van der Waals surface area (Å²) in [7, 11) is 3.90. The van der Waals surface area contributed by atoms with Gasteiger partial charge in [-0.3, -0.25) is 19.7 Å². The number of amides is 1. The van der Waals surface area contributed by atoms with Crippen molar-refractivity contribution in [2.24, 2.45) is 0 Å². The maximum absolute atomic E-state index is 12.9. The van der Waals surface area contributed by atoms with Gasteiger partial charge in [-0.1, -0.05) is 18.2 Å². The van der Waals surface area contributed by atoms with Crippen LogP contribution < -0.4 is 15.9 Å². The fourth-order valence-corrected chi connectivity index (χ4v) is 3.99. The van der Waals surface area contributed by atoms with E-state index in [0.29, 0.717) is 10.8 Å². The number of fused-ring (bicyclic) bond motifs is 1. The molecule has 3 aromatic heterocycles. The molecule has 0 aliphatic carbocycles. The minimum atomic E-state index is -0.405. The van der Waals surface area contributed by atoms with E-state index in [1.165, 1.54) is 0 Å². The molecule has 0 aliphatic heterocycles. The Morgan fingerprint density at radius 2 is 1.93 bits per heavy atom. The van der Waals surface area contributed by atoms with Gasteiger partial charge in [0.2, 0.25) is 0 Å². The van der Waals surface area contributed by atoms with Crippen molar-refractivity contribution in [2.75, 3.05) is 24.4 Å². The maximum Gasteiger partial charge on any atom is 0.291 e. The highest BCUT2D eigenvalue weighted by Crippen LogP contribution is 2.30. The van der Waals surface area contributed by atoms with Crippen LogP contribution in [0, 0.1) is 13.8 Å². The van der Waals surface area contributed by atoms with Crippen molar-refractivity contribution in [3.05, 3.63) is 63.1 Å². The highest BCUT2D eigenvalue weighted by molar-refractivity contribution is 7.14. The molecular formula is C20H20N6O2S. The summed E-state index contributed by atoms with van der Waals surface area (Å²) in [6, 6.07) is 8.89. The van der Waals surface area contributed by atoms with Crippen LogP contribution in [0.2, 0.25) is 0 Å². The molecule has 4 aromatic rings. The van der Waals surface area contributed by atoms with Gasteiger partial charge in [0.15, 0.2) is 10.8 Å². The molecule has 0 saturated carbocycles. The Bertz CT molecular complexity index is 1280. The van der Waals surface area contributed by atoms with Crippen molar-refractivity contribution in [2.45, 2.75) is 13.8 Å². The van der Waals surface area contributed by atoms with Gasteiger partial charge in [-0.2, -0.15) is 5.10 Å². The van der Waals surface area contributed by atoms with Crippen molar-refractivity contribution in [1.29, 1.82) is 0 Å². The molecule has 0 bridgehead atoms. The summed E-state index contributed by atoms with van der Waals surface area (Å²) >= 11 is 1.56. The van der Waals surface area contributed by atoms with E-state index in [4.69, 9.17) is 0 Å². The molecule has 0 spiro atoms. The lowest BCUT2D eigenvalue weighted by Crippen LogP contribution is -2.27. The smallest absolute Gasteiger partial charge is 0.291 e. The van der Waals surface area contributed by atoms with E-state index >= 15 is 0 Å². The third kappa shape index (κ3) is 3.29. The van der Waals surface area contributed by atoms with E-state index in [2.05, 4.69) is 20.6 Å². The molecule has 0 fully saturated rings. The Hall–Kier alpha value is -3.46. The summed E-state index contributed by atoms with van der Waals surface area (Å²) in [5, 5.41) is 10.2. The molecule has 0 radical (unpaired) electrons. The Labute approximate surface area is 170 Å². The summed E-state index contributed by atoms with van der Waals surface area (Å²) < 4.78 is 1.72. The fourth-order valence-electron chi connectivity index (χ4n) is 3.23. The number of rotatable bonds is 4. The maximum atomic E-state index is 12.9. The predicted molar refractivity (Wildman–Crippen MR) is 115 cm³/mol. The van der Waals surface area contributed by atoms with Crippen molar-refractivity contribution in [3.8, 4) is 11.3 Å². The van der Waals surface area contributed by atoms with Crippen molar-refractivity contribution < 1.29 is 4.79 Å². The van der Waals surface area contributed by atoms with Crippen LogP contribution in [0.3, 0.4) is 0 Å². The third-order valence-corrected chi connectivity index (χ3v) is 5.71. The minimum absolute atomic E-state index is 0.165. The van der Waals surface area contributed by atoms with Gasteiger partial charge < -0.3 is 4.90 Å². The molecule has 0 unspecified atom stereocenters. The average molecular weight is 408 g/mol. The van der Waals surface area contributed by atoms with Gasteiger partial charge in [-0.15, -0.1) is 11.3 Å². The average Bonchev–Trinajstić information content (AvgIpc) is 3.29. The van der Waals surface area contributed by atoms with E-state index in [0.717, 1.165) is 27.8 Å². The van der Waals surface area contributed by atoms with Crippen LogP contribution in [0.25, 0.3) is 22.0 Å². The molecule has 3 heterocycles. The number of aromatic amines is 1. The summed E-state index contributed by atoms with van der Waals surface area (Å²) in [5.74, 6) is -0.405. The van der Waals surface area contributed by atoms with Gasteiger partial charge in [-0.25, -0.2) is 10.1 Å². The molecule has 0 saturated heterocycles. The second kappa shape index (κ2) is 7.17. The zero-order valence-electron chi connectivity index (χ0n) is 16.5. The third-order valence-electron chi connectivity index (χ3n) is 4.71. The van der Waals surface area contributed by atoms with Crippen molar-refractivity contribution in [3.63, 3.8) is 0 Å². The number of nitrogens with zero attached hydrogens (tertiary/aromatic N) is 4. The number of benzene rings is 1. The van der Waals surface area contributed by atoms with Crippen LogP contribution in [0.15, 0.2) is 40.5 Å². The second-order valence-corrected chi connectivity index (χ2v) is 7.75. The zero-order chi connectivity index (χ0) is 20.7. The van der Waals surface area contributed by atoms with E-state index < -0.39 is 5.91 Å². The predicted octanol–water partition coefficient (Wildman–Crippen LogP) is 2.91. The lowest BCUT2D eigenvalue weighted by molar-refractivity contribution is 0.100. The van der Waals surface area contributed by atoms with Gasteiger partial charge in [0.1, 0.15) is 0 Å². The molecule has 0 atom stereocenters. The van der Waals surface area contributed by atoms with Crippen molar-refractivity contribution >= 4 is 33.1 Å². The first-order chi connectivity index (χ1) is 13.9. The first kappa shape index (κ1) is 18.9. The lowest BCUT2D eigenvalue weighted by Gasteiger charge is -2.12. The second-order valence-electron chi connectivity index (χ2n) is 6.92. The van der Waals surface area contributed by atoms with Gasteiger partial charge in [0.25, 0.3) is 11.5 Å². The Morgan fingerprint density at radius 3 is 2.62 bits per heavy atom. The first-order valence-electron chi connectivity index (χ1n) is 8.97. The molecule has 1 aromatic carbocycles. The van der Waals surface area contributed by atoms with Crippen molar-refractivity contribution in [1.82, 2.24) is 19.9 Å².